The SMILES string of the molecule is CN1CN(c2ccnc([Si]3(c4ccc5c6ccccc6n(-c6cc(C(C)(C)C)ccn6)c5c4)c4ccccc4Sc4ccccc43)c2)c2ccccc21. The minimum Gasteiger partial charge on any atom is -0.355 e. The van der Waals surface area contributed by atoms with E-state index in [1.54, 1.807) is 0 Å². The average molecular weight is 722 g/mol. The molecule has 0 amide bonds. The van der Waals surface area contributed by atoms with Gasteiger partial charge in [-0.1, -0.05) is 111 Å². The molecule has 0 N–H and O–H groups in total. The minimum atomic E-state index is -3.00. The van der Waals surface area contributed by atoms with E-state index >= 15 is 0 Å². The number of pyridine rings is 2. The van der Waals surface area contributed by atoms with Crippen LogP contribution >= 0.6 is 11.8 Å². The topological polar surface area (TPSA) is 37.2 Å². The van der Waals surface area contributed by atoms with Gasteiger partial charge in [-0.3, -0.25) is 9.55 Å². The van der Waals surface area contributed by atoms with E-state index in [1.165, 1.54) is 53.1 Å². The minimum absolute atomic E-state index is 0.00683. The number of anilines is 3. The maximum absolute atomic E-state index is 5.39. The van der Waals surface area contributed by atoms with Crippen LogP contribution in [0.3, 0.4) is 0 Å². The van der Waals surface area contributed by atoms with Crippen molar-refractivity contribution >= 4 is 79.6 Å². The molecule has 0 saturated heterocycles. The lowest BCUT2D eigenvalue weighted by molar-refractivity contribution is 0.588. The first-order valence-corrected chi connectivity index (χ1v) is 21.1. The highest BCUT2D eigenvalue weighted by atomic mass is 32.2. The quantitative estimate of drug-likeness (QED) is 0.171. The Bertz CT molecular complexity index is 2680. The zero-order chi connectivity index (χ0) is 35.9. The molecule has 2 aliphatic rings. The van der Waals surface area contributed by atoms with Crippen LogP contribution in [0.15, 0.2) is 162 Å². The molecular formula is C46H39N5SSi. The van der Waals surface area contributed by atoms with Gasteiger partial charge in [0.25, 0.3) is 0 Å². The fourth-order valence-corrected chi connectivity index (χ4v) is 15.4. The van der Waals surface area contributed by atoms with E-state index in [1.807, 2.05) is 24.2 Å². The normalized spacial score (nSPS) is 14.7. The molecule has 0 aliphatic carbocycles. The summed E-state index contributed by atoms with van der Waals surface area (Å²) in [7, 11) is -0.835. The van der Waals surface area contributed by atoms with E-state index in [0.717, 1.165) is 34.5 Å². The van der Waals surface area contributed by atoms with Crippen LogP contribution in [0.25, 0.3) is 27.6 Å². The Hall–Kier alpha value is -5.63. The number of aromatic nitrogens is 3. The first-order chi connectivity index (χ1) is 25.8. The van der Waals surface area contributed by atoms with Crippen molar-refractivity contribution in [2.24, 2.45) is 0 Å². The second kappa shape index (κ2) is 11.9. The zero-order valence-electron chi connectivity index (χ0n) is 30.3. The van der Waals surface area contributed by atoms with Crippen molar-refractivity contribution in [1.82, 2.24) is 14.5 Å². The van der Waals surface area contributed by atoms with E-state index in [-0.39, 0.29) is 5.41 Å². The largest absolute Gasteiger partial charge is 0.355 e. The maximum atomic E-state index is 5.39. The van der Waals surface area contributed by atoms with Crippen molar-refractivity contribution in [1.29, 1.82) is 0 Å². The maximum Gasteiger partial charge on any atom is 0.204 e. The van der Waals surface area contributed by atoms with Crippen LogP contribution < -0.4 is 30.7 Å². The van der Waals surface area contributed by atoms with Crippen LogP contribution in [0, 0.1) is 0 Å². The molecule has 0 atom stereocenters. The third kappa shape index (κ3) is 4.84. The number of para-hydroxylation sites is 3. The van der Waals surface area contributed by atoms with Crippen LogP contribution in [0.2, 0.25) is 0 Å². The molecule has 0 bridgehead atoms. The molecule has 5 heterocycles. The molecule has 10 rings (SSSR count). The predicted octanol–water partition coefficient (Wildman–Crippen LogP) is 8.26. The molecular weight excluding hydrogens is 683 g/mol. The second-order valence-corrected chi connectivity index (χ2v) is 20.0. The average Bonchev–Trinajstić information content (AvgIpc) is 3.71. The molecule has 0 spiro atoms. The van der Waals surface area contributed by atoms with Crippen molar-refractivity contribution in [2.75, 3.05) is 23.5 Å². The number of rotatable bonds is 4. The third-order valence-corrected chi connectivity index (χ3v) is 17.3. The third-order valence-electron chi connectivity index (χ3n) is 11.1. The molecule has 8 aromatic rings. The molecule has 258 valence electrons. The van der Waals surface area contributed by atoms with Gasteiger partial charge in [-0.05, 0) is 87.2 Å². The van der Waals surface area contributed by atoms with Gasteiger partial charge < -0.3 is 9.80 Å². The highest BCUT2D eigenvalue weighted by molar-refractivity contribution is 8.00. The summed E-state index contributed by atoms with van der Waals surface area (Å²) in [5, 5.41) is 7.65. The number of hydrogen-bond donors (Lipinski definition) is 0. The number of fused-ring (bicyclic) bond motifs is 6. The van der Waals surface area contributed by atoms with Crippen LogP contribution in [0.5, 0.6) is 0 Å². The summed E-state index contributed by atoms with van der Waals surface area (Å²) < 4.78 is 2.38. The zero-order valence-corrected chi connectivity index (χ0v) is 32.1. The summed E-state index contributed by atoms with van der Waals surface area (Å²) in [5.41, 5.74) is 7.19. The van der Waals surface area contributed by atoms with Gasteiger partial charge in [0.05, 0.1) is 29.1 Å². The van der Waals surface area contributed by atoms with Crippen LogP contribution in [0.1, 0.15) is 26.3 Å². The predicted molar refractivity (Wildman–Crippen MR) is 225 cm³/mol. The number of hydrogen-bond acceptors (Lipinski definition) is 5. The van der Waals surface area contributed by atoms with Gasteiger partial charge in [-0.2, -0.15) is 0 Å². The fourth-order valence-electron chi connectivity index (χ4n) is 8.58. The van der Waals surface area contributed by atoms with Crippen molar-refractivity contribution in [3.05, 3.63) is 157 Å². The first kappa shape index (κ1) is 32.1. The van der Waals surface area contributed by atoms with Gasteiger partial charge in [-0.25, -0.2) is 4.98 Å². The Balaban J connectivity index is 1.28. The van der Waals surface area contributed by atoms with Crippen molar-refractivity contribution < 1.29 is 0 Å². The standard InChI is InChI=1S/C46H39N5SSi/c1-46(2,3)31-23-25-47-44(27-31)51-36-14-6-5-13-34(36)35-22-21-33(29-39(35)51)53(42-19-11-9-17-40(42)52-41-18-10-12-20-43(41)53)45-28-32(24-26-48-45)50-30-49(4)37-15-7-8-16-38(37)50/h5-29H,30H2,1-4H3. The van der Waals surface area contributed by atoms with Gasteiger partial charge in [0.15, 0.2) is 0 Å². The van der Waals surface area contributed by atoms with Gasteiger partial charge in [0.2, 0.25) is 8.07 Å². The lowest BCUT2D eigenvalue weighted by atomic mass is 9.88. The Labute approximate surface area is 315 Å². The van der Waals surface area contributed by atoms with Gasteiger partial charge >= 0.3 is 0 Å². The van der Waals surface area contributed by atoms with E-state index in [9.17, 15) is 0 Å². The Kier molecular flexibility index (Phi) is 7.23. The first-order valence-electron chi connectivity index (χ1n) is 18.2. The van der Waals surface area contributed by atoms with Gasteiger partial charge in [0.1, 0.15) is 5.82 Å². The number of benzene rings is 5. The molecule has 0 unspecified atom stereocenters. The molecule has 7 heteroatoms. The molecule has 3 aromatic heterocycles. The summed E-state index contributed by atoms with van der Waals surface area (Å²) in [6.45, 7) is 7.58. The Morgan fingerprint density at radius 1 is 0.623 bits per heavy atom. The number of nitrogens with zero attached hydrogens (tertiary/aromatic N) is 5. The molecule has 5 aromatic carbocycles. The lowest BCUT2D eigenvalue weighted by Crippen LogP contribution is -2.77. The van der Waals surface area contributed by atoms with E-state index in [0.29, 0.717) is 0 Å². The molecule has 0 saturated carbocycles. The van der Waals surface area contributed by atoms with E-state index in [2.05, 4.69) is 182 Å². The smallest absolute Gasteiger partial charge is 0.204 e. The van der Waals surface area contributed by atoms with E-state index in [4.69, 9.17) is 9.97 Å². The van der Waals surface area contributed by atoms with Crippen molar-refractivity contribution in [3.63, 3.8) is 0 Å². The Morgan fingerprint density at radius 2 is 1.28 bits per heavy atom. The monoisotopic (exact) mass is 721 g/mol. The van der Waals surface area contributed by atoms with Gasteiger partial charge in [-0.15, -0.1) is 0 Å². The summed E-state index contributed by atoms with van der Waals surface area (Å²) in [4.78, 5) is 17.8. The van der Waals surface area contributed by atoms with Crippen molar-refractivity contribution in [3.8, 4) is 5.82 Å². The van der Waals surface area contributed by atoms with Crippen molar-refractivity contribution in [2.45, 2.75) is 36.0 Å². The molecule has 53 heavy (non-hydrogen) atoms. The van der Waals surface area contributed by atoms with Crippen LogP contribution in [-0.4, -0.2) is 36.3 Å². The van der Waals surface area contributed by atoms with E-state index < -0.39 is 8.07 Å². The second-order valence-electron chi connectivity index (χ2n) is 15.2. The summed E-state index contributed by atoms with van der Waals surface area (Å²) in [6, 6.07) is 51.7. The summed E-state index contributed by atoms with van der Waals surface area (Å²) in [6.07, 6.45) is 4.00. The fraction of sp³-hybridized carbons (Fsp3) is 0.130. The summed E-state index contributed by atoms with van der Waals surface area (Å²) in [5.74, 6) is 0.938. The Morgan fingerprint density at radius 3 is 2.06 bits per heavy atom. The van der Waals surface area contributed by atoms with Gasteiger partial charge in [0, 0.05) is 51.0 Å². The molecule has 2 aliphatic heterocycles. The highest BCUT2D eigenvalue weighted by Gasteiger charge is 2.48. The molecule has 5 nitrogen and oxygen atoms in total. The molecule has 0 radical (unpaired) electrons. The lowest BCUT2D eigenvalue weighted by Gasteiger charge is -2.39. The molecule has 0 fully saturated rings. The van der Waals surface area contributed by atoms with Crippen LogP contribution in [-0.2, 0) is 5.41 Å². The highest BCUT2D eigenvalue weighted by Crippen LogP contribution is 2.40. The summed E-state index contributed by atoms with van der Waals surface area (Å²) >= 11 is 1.88. The van der Waals surface area contributed by atoms with Crippen LogP contribution in [0.4, 0.5) is 17.1 Å².